The first-order valence-electron chi connectivity index (χ1n) is 6.64. The predicted octanol–water partition coefficient (Wildman–Crippen LogP) is 3.26. The Bertz CT molecular complexity index is 687. The fourth-order valence-corrected chi connectivity index (χ4v) is 2.35. The van der Waals surface area contributed by atoms with Crippen molar-refractivity contribution < 1.29 is 4.74 Å². The van der Waals surface area contributed by atoms with Crippen LogP contribution in [0, 0.1) is 0 Å². The summed E-state index contributed by atoms with van der Waals surface area (Å²) in [5.74, 6) is 0.675. The van der Waals surface area contributed by atoms with Crippen molar-refractivity contribution in [3.63, 3.8) is 0 Å². The standard InChI is InChI=1S/C15H15ClN4O/c16-15-18-9-13(10-4-6-21-7-5-10)14(20-15)19-12-3-1-2-11(17)8-12/h1-4,8-9H,5-7,17H2,(H,18,19,20). The second-order valence-electron chi connectivity index (χ2n) is 4.71. The van der Waals surface area contributed by atoms with Gasteiger partial charge in [-0.25, -0.2) is 4.98 Å². The third kappa shape index (κ3) is 3.32. The molecule has 3 N–H and O–H groups in total. The van der Waals surface area contributed by atoms with E-state index in [-0.39, 0.29) is 5.28 Å². The molecule has 1 aromatic carbocycles. The molecule has 108 valence electrons. The molecule has 1 aromatic heterocycles. The van der Waals surface area contributed by atoms with Gasteiger partial charge in [-0.3, -0.25) is 0 Å². The minimum absolute atomic E-state index is 0.206. The van der Waals surface area contributed by atoms with E-state index >= 15 is 0 Å². The van der Waals surface area contributed by atoms with Crippen LogP contribution in [-0.2, 0) is 4.74 Å². The van der Waals surface area contributed by atoms with Crippen LogP contribution in [0.15, 0.2) is 36.5 Å². The zero-order chi connectivity index (χ0) is 14.7. The highest BCUT2D eigenvalue weighted by molar-refractivity contribution is 6.28. The lowest BCUT2D eigenvalue weighted by atomic mass is 10.0. The summed E-state index contributed by atoms with van der Waals surface area (Å²) in [6, 6.07) is 7.49. The van der Waals surface area contributed by atoms with E-state index in [1.54, 1.807) is 6.20 Å². The van der Waals surface area contributed by atoms with Gasteiger partial charge in [0.1, 0.15) is 5.82 Å². The number of nitrogen functional groups attached to an aromatic ring is 1. The Morgan fingerprint density at radius 2 is 2.24 bits per heavy atom. The average Bonchev–Trinajstić information content (AvgIpc) is 2.48. The van der Waals surface area contributed by atoms with Crippen LogP contribution >= 0.6 is 11.6 Å². The van der Waals surface area contributed by atoms with Crippen LogP contribution in [-0.4, -0.2) is 23.2 Å². The van der Waals surface area contributed by atoms with E-state index in [1.165, 1.54) is 0 Å². The molecule has 2 aromatic rings. The average molecular weight is 303 g/mol. The Morgan fingerprint density at radius 1 is 1.33 bits per heavy atom. The van der Waals surface area contributed by atoms with E-state index in [0.717, 1.165) is 23.2 Å². The van der Waals surface area contributed by atoms with Gasteiger partial charge in [0, 0.05) is 23.1 Å². The van der Waals surface area contributed by atoms with Crippen LogP contribution < -0.4 is 11.1 Å². The maximum atomic E-state index is 5.92. The molecule has 0 amide bonds. The molecule has 0 spiro atoms. The van der Waals surface area contributed by atoms with Gasteiger partial charge in [-0.05, 0) is 41.8 Å². The lowest BCUT2D eigenvalue weighted by Crippen LogP contribution is -2.07. The summed E-state index contributed by atoms with van der Waals surface area (Å²) < 4.78 is 5.34. The number of nitrogens with two attached hydrogens (primary N) is 1. The summed E-state index contributed by atoms with van der Waals surface area (Å²) in [4.78, 5) is 8.38. The van der Waals surface area contributed by atoms with Gasteiger partial charge in [-0.15, -0.1) is 0 Å². The number of anilines is 3. The molecule has 0 bridgehead atoms. The molecule has 0 unspecified atom stereocenters. The molecule has 1 aliphatic rings. The number of rotatable bonds is 3. The van der Waals surface area contributed by atoms with Crippen molar-refractivity contribution >= 4 is 34.4 Å². The minimum atomic E-state index is 0.206. The van der Waals surface area contributed by atoms with Crippen molar-refractivity contribution in [2.45, 2.75) is 6.42 Å². The van der Waals surface area contributed by atoms with Crippen LogP contribution in [0.4, 0.5) is 17.2 Å². The summed E-state index contributed by atoms with van der Waals surface area (Å²) in [6.45, 7) is 1.31. The van der Waals surface area contributed by atoms with Gasteiger partial charge in [0.25, 0.3) is 0 Å². The number of nitrogens with one attached hydrogen (secondary N) is 1. The largest absolute Gasteiger partial charge is 0.399 e. The van der Waals surface area contributed by atoms with Crippen molar-refractivity contribution in [1.82, 2.24) is 9.97 Å². The number of hydrogen-bond donors (Lipinski definition) is 2. The lowest BCUT2D eigenvalue weighted by Gasteiger charge is -2.17. The van der Waals surface area contributed by atoms with Crippen LogP contribution in [0.1, 0.15) is 12.0 Å². The molecule has 0 atom stereocenters. The van der Waals surface area contributed by atoms with E-state index < -0.39 is 0 Å². The molecule has 0 saturated carbocycles. The second-order valence-corrected chi connectivity index (χ2v) is 5.04. The van der Waals surface area contributed by atoms with Crippen LogP contribution in [0.25, 0.3) is 5.57 Å². The summed E-state index contributed by atoms with van der Waals surface area (Å²) in [5.41, 5.74) is 9.44. The van der Waals surface area contributed by atoms with Crippen LogP contribution in [0.5, 0.6) is 0 Å². The first-order chi connectivity index (χ1) is 10.2. The van der Waals surface area contributed by atoms with Gasteiger partial charge in [-0.1, -0.05) is 12.1 Å². The molecule has 0 aliphatic carbocycles. The Balaban J connectivity index is 1.96. The van der Waals surface area contributed by atoms with Gasteiger partial charge < -0.3 is 15.8 Å². The van der Waals surface area contributed by atoms with Crippen molar-refractivity contribution in [3.8, 4) is 0 Å². The van der Waals surface area contributed by atoms with Gasteiger partial charge in [0.2, 0.25) is 5.28 Å². The van der Waals surface area contributed by atoms with Crippen molar-refractivity contribution in [2.75, 3.05) is 24.3 Å². The maximum Gasteiger partial charge on any atom is 0.224 e. The Labute approximate surface area is 127 Å². The zero-order valence-corrected chi connectivity index (χ0v) is 12.1. The first-order valence-corrected chi connectivity index (χ1v) is 7.02. The summed E-state index contributed by atoms with van der Waals surface area (Å²) in [7, 11) is 0. The highest BCUT2D eigenvalue weighted by atomic mass is 35.5. The molecule has 0 saturated heterocycles. The number of hydrogen-bond acceptors (Lipinski definition) is 5. The van der Waals surface area contributed by atoms with E-state index in [1.807, 2.05) is 30.3 Å². The number of aromatic nitrogens is 2. The third-order valence-corrected chi connectivity index (χ3v) is 3.40. The normalized spacial score (nSPS) is 14.6. The fraction of sp³-hybridized carbons (Fsp3) is 0.200. The number of benzene rings is 1. The smallest absolute Gasteiger partial charge is 0.224 e. The maximum absolute atomic E-state index is 5.92. The lowest BCUT2D eigenvalue weighted by molar-refractivity contribution is 0.161. The second kappa shape index (κ2) is 6.11. The Kier molecular flexibility index (Phi) is 4.03. The molecule has 3 rings (SSSR count). The van der Waals surface area contributed by atoms with E-state index in [2.05, 4.69) is 15.3 Å². The van der Waals surface area contributed by atoms with Crippen LogP contribution in [0.3, 0.4) is 0 Å². The summed E-state index contributed by atoms with van der Waals surface area (Å²) in [5, 5.41) is 3.46. The molecule has 21 heavy (non-hydrogen) atoms. The van der Waals surface area contributed by atoms with Gasteiger partial charge >= 0.3 is 0 Å². The topological polar surface area (TPSA) is 73.1 Å². The predicted molar refractivity (Wildman–Crippen MR) is 84.6 cm³/mol. The minimum Gasteiger partial charge on any atom is -0.399 e. The zero-order valence-electron chi connectivity index (χ0n) is 11.3. The SMILES string of the molecule is Nc1cccc(Nc2nc(Cl)ncc2C2=CCOCC2)c1. The highest BCUT2D eigenvalue weighted by Crippen LogP contribution is 2.29. The third-order valence-electron chi connectivity index (χ3n) is 3.22. The van der Waals surface area contributed by atoms with E-state index in [0.29, 0.717) is 24.7 Å². The van der Waals surface area contributed by atoms with E-state index in [9.17, 15) is 0 Å². The molecule has 2 heterocycles. The monoisotopic (exact) mass is 302 g/mol. The summed E-state index contributed by atoms with van der Waals surface area (Å²) in [6.07, 6.45) is 4.61. The highest BCUT2D eigenvalue weighted by Gasteiger charge is 2.13. The number of nitrogens with zero attached hydrogens (tertiary/aromatic N) is 2. The quantitative estimate of drug-likeness (QED) is 0.672. The molecule has 0 fully saturated rings. The van der Waals surface area contributed by atoms with Gasteiger partial charge in [0.15, 0.2) is 0 Å². The first kappa shape index (κ1) is 13.9. The fourth-order valence-electron chi connectivity index (χ4n) is 2.22. The Morgan fingerprint density at radius 3 is 3.00 bits per heavy atom. The molecule has 6 heteroatoms. The van der Waals surface area contributed by atoms with Crippen molar-refractivity contribution in [3.05, 3.63) is 47.4 Å². The molecule has 5 nitrogen and oxygen atoms in total. The molecular weight excluding hydrogens is 288 g/mol. The van der Waals surface area contributed by atoms with Crippen molar-refractivity contribution in [2.24, 2.45) is 0 Å². The Hall–Kier alpha value is -2.11. The van der Waals surface area contributed by atoms with Crippen molar-refractivity contribution in [1.29, 1.82) is 0 Å². The summed E-state index contributed by atoms with van der Waals surface area (Å²) >= 11 is 5.92. The van der Waals surface area contributed by atoms with E-state index in [4.69, 9.17) is 22.1 Å². The molecule has 1 aliphatic heterocycles. The molecular formula is C15H15ClN4O. The van der Waals surface area contributed by atoms with Gasteiger partial charge in [0.05, 0.1) is 13.2 Å². The van der Waals surface area contributed by atoms with Gasteiger partial charge in [-0.2, -0.15) is 4.98 Å². The molecule has 0 radical (unpaired) electrons. The number of halogens is 1. The van der Waals surface area contributed by atoms with Crippen LogP contribution in [0.2, 0.25) is 5.28 Å². The number of ether oxygens (including phenoxy) is 1.